The monoisotopic (exact) mass is 278 g/mol. The van der Waals surface area contributed by atoms with Gasteiger partial charge < -0.3 is 14.4 Å². The molecule has 0 aliphatic rings. The summed E-state index contributed by atoms with van der Waals surface area (Å²) in [5.74, 6) is -2.12. The number of rotatable bonds is 7. The Morgan fingerprint density at radius 3 is 2.65 bits per heavy atom. The van der Waals surface area contributed by atoms with Crippen LogP contribution in [0.4, 0.5) is 0 Å². The highest BCUT2D eigenvalue weighted by Gasteiger charge is 2.29. The van der Waals surface area contributed by atoms with Gasteiger partial charge in [0.15, 0.2) is 0 Å². The highest BCUT2D eigenvalue weighted by Crippen LogP contribution is 2.17. The molecule has 0 aromatic carbocycles. The zero-order valence-electron chi connectivity index (χ0n) is 11.6. The molecule has 1 rings (SSSR count). The quantitative estimate of drug-likeness (QED) is 0.821. The van der Waals surface area contributed by atoms with Crippen molar-refractivity contribution in [2.45, 2.75) is 26.8 Å². The fourth-order valence-electron chi connectivity index (χ4n) is 1.76. The van der Waals surface area contributed by atoms with Crippen molar-refractivity contribution in [3.8, 4) is 6.07 Å². The maximum Gasteiger partial charge on any atom is 0.307 e. The molecule has 0 aliphatic carbocycles. The summed E-state index contributed by atoms with van der Waals surface area (Å²) >= 11 is 0. The first-order valence-corrected chi connectivity index (χ1v) is 6.38. The normalized spacial score (nSPS) is 13.2. The summed E-state index contributed by atoms with van der Waals surface area (Å²) in [6, 6.07) is 5.43. The second-order valence-electron chi connectivity index (χ2n) is 4.66. The van der Waals surface area contributed by atoms with Crippen LogP contribution in [0.15, 0.2) is 22.8 Å². The number of carbonyl (C=O) groups is 2. The van der Waals surface area contributed by atoms with E-state index in [0.717, 1.165) is 0 Å². The lowest BCUT2D eigenvalue weighted by atomic mass is 9.94. The van der Waals surface area contributed by atoms with Crippen molar-refractivity contribution in [3.05, 3.63) is 24.2 Å². The largest absolute Gasteiger partial charge is 0.481 e. The highest BCUT2D eigenvalue weighted by atomic mass is 16.4. The zero-order chi connectivity index (χ0) is 15.1. The average molecular weight is 278 g/mol. The van der Waals surface area contributed by atoms with Crippen LogP contribution in [0.3, 0.4) is 0 Å². The molecule has 0 saturated carbocycles. The van der Waals surface area contributed by atoms with E-state index in [4.69, 9.17) is 14.8 Å². The van der Waals surface area contributed by atoms with Gasteiger partial charge in [0.2, 0.25) is 5.91 Å². The van der Waals surface area contributed by atoms with Gasteiger partial charge in [0.25, 0.3) is 0 Å². The maximum atomic E-state index is 12.3. The number of aliphatic carboxylic acids is 1. The van der Waals surface area contributed by atoms with Gasteiger partial charge in [-0.05, 0) is 12.1 Å². The number of hydrogen-bond donors (Lipinski definition) is 1. The number of nitrogens with zero attached hydrogens (tertiary/aromatic N) is 2. The topological polar surface area (TPSA) is 94.5 Å². The Hall–Kier alpha value is -2.29. The van der Waals surface area contributed by atoms with Crippen molar-refractivity contribution in [1.29, 1.82) is 5.26 Å². The van der Waals surface area contributed by atoms with Gasteiger partial charge in [0.05, 0.1) is 31.2 Å². The Kier molecular flexibility index (Phi) is 5.78. The molecular weight excluding hydrogens is 260 g/mol. The Morgan fingerprint density at radius 2 is 2.15 bits per heavy atom. The highest BCUT2D eigenvalue weighted by molar-refractivity contribution is 5.84. The third kappa shape index (κ3) is 4.12. The lowest BCUT2D eigenvalue weighted by Gasteiger charge is -2.25. The molecule has 1 aromatic rings. The summed E-state index contributed by atoms with van der Waals surface area (Å²) in [7, 11) is 0. The number of amides is 1. The van der Waals surface area contributed by atoms with Gasteiger partial charge in [-0.25, -0.2) is 0 Å². The number of carbonyl (C=O) groups excluding carboxylic acids is 1. The van der Waals surface area contributed by atoms with E-state index in [1.165, 1.54) is 18.1 Å². The summed E-state index contributed by atoms with van der Waals surface area (Å²) in [5, 5.41) is 17.6. The van der Waals surface area contributed by atoms with Gasteiger partial charge in [-0.15, -0.1) is 0 Å². The van der Waals surface area contributed by atoms with Crippen molar-refractivity contribution >= 4 is 11.9 Å². The lowest BCUT2D eigenvalue weighted by molar-refractivity contribution is -0.149. The average Bonchev–Trinajstić information content (AvgIpc) is 2.93. The van der Waals surface area contributed by atoms with Crippen LogP contribution in [0, 0.1) is 23.2 Å². The molecule has 2 unspecified atom stereocenters. The number of nitriles is 1. The Balaban J connectivity index is 2.78. The van der Waals surface area contributed by atoms with E-state index in [0.29, 0.717) is 5.76 Å². The van der Waals surface area contributed by atoms with Crippen molar-refractivity contribution in [3.63, 3.8) is 0 Å². The Morgan fingerprint density at radius 1 is 1.45 bits per heavy atom. The van der Waals surface area contributed by atoms with E-state index in [2.05, 4.69) is 0 Å². The van der Waals surface area contributed by atoms with E-state index >= 15 is 0 Å². The molecule has 1 aromatic heterocycles. The van der Waals surface area contributed by atoms with Gasteiger partial charge in [-0.2, -0.15) is 5.26 Å². The lowest BCUT2D eigenvalue weighted by Crippen LogP contribution is -2.39. The molecule has 0 bridgehead atoms. The molecule has 20 heavy (non-hydrogen) atoms. The third-order valence-electron chi connectivity index (χ3n) is 3.26. The minimum atomic E-state index is -1.01. The fourth-order valence-corrected chi connectivity index (χ4v) is 1.76. The summed E-state index contributed by atoms with van der Waals surface area (Å²) in [6.07, 6.45) is 1.70. The fraction of sp³-hybridized carbons (Fsp3) is 0.500. The van der Waals surface area contributed by atoms with Crippen LogP contribution in [0.5, 0.6) is 0 Å². The second kappa shape index (κ2) is 7.34. The second-order valence-corrected chi connectivity index (χ2v) is 4.66. The van der Waals surface area contributed by atoms with Crippen molar-refractivity contribution in [2.24, 2.45) is 11.8 Å². The van der Waals surface area contributed by atoms with Crippen LogP contribution >= 0.6 is 0 Å². The molecular formula is C14H18N2O4. The smallest absolute Gasteiger partial charge is 0.307 e. The third-order valence-corrected chi connectivity index (χ3v) is 3.26. The van der Waals surface area contributed by atoms with Crippen molar-refractivity contribution in [1.82, 2.24) is 4.90 Å². The molecule has 0 aliphatic heterocycles. The number of furan rings is 1. The first-order chi connectivity index (χ1) is 9.47. The Labute approximate surface area is 117 Å². The first-order valence-electron chi connectivity index (χ1n) is 6.38. The van der Waals surface area contributed by atoms with Gasteiger partial charge >= 0.3 is 5.97 Å². The van der Waals surface area contributed by atoms with Gasteiger partial charge in [0, 0.05) is 12.5 Å². The molecule has 1 N–H and O–H groups in total. The zero-order valence-corrected chi connectivity index (χ0v) is 11.6. The summed E-state index contributed by atoms with van der Waals surface area (Å²) < 4.78 is 5.19. The number of carboxylic acid groups (broad SMARTS) is 1. The van der Waals surface area contributed by atoms with E-state index in [1.54, 1.807) is 19.1 Å². The van der Waals surface area contributed by atoms with E-state index < -0.39 is 17.8 Å². The minimum absolute atomic E-state index is 0.195. The van der Waals surface area contributed by atoms with Crippen LogP contribution in [0.2, 0.25) is 0 Å². The van der Waals surface area contributed by atoms with Crippen LogP contribution in [0.1, 0.15) is 26.0 Å². The maximum absolute atomic E-state index is 12.3. The number of carboxylic acids is 1. The van der Waals surface area contributed by atoms with Crippen molar-refractivity contribution < 1.29 is 19.1 Å². The SMILES string of the molecule is CC(C(=O)O)C(C)C(=O)N(CCC#N)Cc1ccco1. The standard InChI is InChI=1S/C14H18N2O4/c1-10(11(2)14(18)19)13(17)16(7-4-6-15)9-12-5-3-8-20-12/h3,5,8,10-11H,4,7,9H2,1-2H3,(H,18,19). The molecule has 0 fully saturated rings. The molecule has 108 valence electrons. The molecule has 2 atom stereocenters. The molecule has 6 nitrogen and oxygen atoms in total. The predicted molar refractivity (Wildman–Crippen MR) is 70.3 cm³/mol. The Bertz CT molecular complexity index is 490. The van der Waals surface area contributed by atoms with Gasteiger partial charge in [0.1, 0.15) is 5.76 Å². The van der Waals surface area contributed by atoms with Crippen LogP contribution < -0.4 is 0 Å². The van der Waals surface area contributed by atoms with Gasteiger partial charge in [-0.3, -0.25) is 9.59 Å². The predicted octanol–water partition coefficient (Wildman–Crippen LogP) is 1.88. The molecule has 6 heteroatoms. The van der Waals surface area contributed by atoms with Gasteiger partial charge in [-0.1, -0.05) is 13.8 Å². The molecule has 0 saturated heterocycles. The summed E-state index contributed by atoms with van der Waals surface area (Å²) in [4.78, 5) is 24.8. The van der Waals surface area contributed by atoms with E-state index in [-0.39, 0.29) is 25.4 Å². The van der Waals surface area contributed by atoms with E-state index in [9.17, 15) is 9.59 Å². The van der Waals surface area contributed by atoms with Crippen molar-refractivity contribution in [2.75, 3.05) is 6.54 Å². The van der Waals surface area contributed by atoms with Crippen LogP contribution in [0.25, 0.3) is 0 Å². The molecule has 0 radical (unpaired) electrons. The summed E-state index contributed by atoms with van der Waals surface area (Å²) in [6.45, 7) is 3.58. The molecule has 1 heterocycles. The molecule has 1 amide bonds. The minimum Gasteiger partial charge on any atom is -0.481 e. The van der Waals surface area contributed by atoms with E-state index in [1.807, 2.05) is 6.07 Å². The van der Waals surface area contributed by atoms with Crippen LogP contribution in [-0.4, -0.2) is 28.4 Å². The van der Waals surface area contributed by atoms with Crippen LogP contribution in [-0.2, 0) is 16.1 Å². The first kappa shape index (κ1) is 15.8. The number of hydrogen-bond acceptors (Lipinski definition) is 4. The molecule has 0 spiro atoms. The summed E-state index contributed by atoms with van der Waals surface area (Å²) in [5.41, 5.74) is 0.